The van der Waals surface area contributed by atoms with Gasteiger partial charge in [0.05, 0.1) is 0 Å². The minimum atomic E-state index is 0.0767. The normalized spacial score (nSPS) is 29.2. The van der Waals surface area contributed by atoms with Crippen LogP contribution in [0.15, 0.2) is 0 Å². The second-order valence-electron chi connectivity index (χ2n) is 5.07. The van der Waals surface area contributed by atoms with Gasteiger partial charge in [0, 0.05) is 37.6 Å². The van der Waals surface area contributed by atoms with Gasteiger partial charge in [-0.05, 0) is 27.9 Å². The Morgan fingerprint density at radius 2 is 1.88 bits per heavy atom. The molecule has 1 N–H and O–H groups in total. The van der Waals surface area contributed by atoms with Crippen LogP contribution in [0, 0.1) is 5.92 Å². The molecule has 4 heteroatoms. The first-order valence-corrected chi connectivity index (χ1v) is 6.12. The van der Waals surface area contributed by atoms with Crippen LogP contribution in [0.1, 0.15) is 20.8 Å². The molecule has 1 saturated heterocycles. The lowest BCUT2D eigenvalue weighted by molar-refractivity contribution is -0.138. The zero-order valence-corrected chi connectivity index (χ0v) is 11.2. The van der Waals surface area contributed by atoms with Crippen LogP contribution >= 0.6 is 0 Å². The molecule has 1 aliphatic heterocycles. The Kier molecular flexibility index (Phi) is 4.74. The molecule has 0 spiro atoms. The minimum absolute atomic E-state index is 0.0767. The Morgan fingerprint density at radius 1 is 1.38 bits per heavy atom. The topological polar surface area (TPSA) is 35.6 Å². The van der Waals surface area contributed by atoms with Crippen LogP contribution in [0.25, 0.3) is 0 Å². The summed E-state index contributed by atoms with van der Waals surface area (Å²) in [6.07, 6.45) is 0. The van der Waals surface area contributed by atoms with Gasteiger partial charge in [0.15, 0.2) is 0 Å². The maximum Gasteiger partial charge on any atom is 0.226 e. The lowest BCUT2D eigenvalue weighted by Gasteiger charge is -2.43. The number of carbonyl (C=O) groups is 1. The lowest BCUT2D eigenvalue weighted by atomic mass is 10.1. The van der Waals surface area contributed by atoms with Gasteiger partial charge in [-0.1, -0.05) is 6.92 Å². The van der Waals surface area contributed by atoms with Gasteiger partial charge in [-0.3, -0.25) is 9.69 Å². The number of nitrogens with one attached hydrogen (secondary N) is 1. The number of hydrogen-bond acceptors (Lipinski definition) is 3. The zero-order valence-electron chi connectivity index (χ0n) is 11.2. The van der Waals surface area contributed by atoms with Gasteiger partial charge in [-0.2, -0.15) is 0 Å². The monoisotopic (exact) mass is 227 g/mol. The fraction of sp³-hybridized carbons (Fsp3) is 0.917. The Hall–Kier alpha value is -0.610. The maximum absolute atomic E-state index is 12.2. The summed E-state index contributed by atoms with van der Waals surface area (Å²) in [5.41, 5.74) is 0. The third-order valence-corrected chi connectivity index (χ3v) is 3.60. The summed E-state index contributed by atoms with van der Waals surface area (Å²) in [6, 6.07) is 0.906. The summed E-state index contributed by atoms with van der Waals surface area (Å²) in [5.74, 6) is 0.356. The number of hydrogen-bond donors (Lipinski definition) is 1. The highest BCUT2D eigenvalue weighted by Crippen LogP contribution is 2.15. The molecule has 0 aromatic carbocycles. The minimum Gasteiger partial charge on any atom is -0.339 e. The molecule has 1 heterocycles. The molecule has 1 amide bonds. The SMILES string of the molecule is CNCC(C)C(=O)N1CC(C)N(C)C(C)C1. The van der Waals surface area contributed by atoms with E-state index in [-0.39, 0.29) is 11.8 Å². The van der Waals surface area contributed by atoms with Gasteiger partial charge < -0.3 is 10.2 Å². The van der Waals surface area contributed by atoms with Gasteiger partial charge in [-0.15, -0.1) is 0 Å². The molecule has 0 saturated carbocycles. The molecule has 1 rings (SSSR count). The van der Waals surface area contributed by atoms with E-state index in [4.69, 9.17) is 0 Å². The van der Waals surface area contributed by atoms with E-state index in [0.29, 0.717) is 12.1 Å². The van der Waals surface area contributed by atoms with Gasteiger partial charge in [0.1, 0.15) is 0 Å². The van der Waals surface area contributed by atoms with Crippen LogP contribution in [-0.4, -0.2) is 61.5 Å². The van der Waals surface area contributed by atoms with Crippen LogP contribution in [0.4, 0.5) is 0 Å². The van der Waals surface area contributed by atoms with E-state index in [1.54, 1.807) is 0 Å². The quantitative estimate of drug-likeness (QED) is 0.758. The number of rotatable bonds is 3. The first kappa shape index (κ1) is 13.5. The van der Waals surface area contributed by atoms with Crippen molar-refractivity contribution in [1.29, 1.82) is 0 Å². The molecule has 1 fully saturated rings. The molecule has 1 aliphatic rings. The van der Waals surface area contributed by atoms with Crippen molar-refractivity contribution in [2.24, 2.45) is 5.92 Å². The standard InChI is InChI=1S/C12H25N3O/c1-9(6-13-4)12(16)15-7-10(2)14(5)11(3)8-15/h9-11,13H,6-8H2,1-5H3. The van der Waals surface area contributed by atoms with Crippen molar-refractivity contribution in [2.75, 3.05) is 33.7 Å². The lowest BCUT2D eigenvalue weighted by Crippen LogP contribution is -2.57. The first-order valence-electron chi connectivity index (χ1n) is 6.12. The molecule has 4 nitrogen and oxygen atoms in total. The highest BCUT2D eigenvalue weighted by atomic mass is 16.2. The van der Waals surface area contributed by atoms with Crippen molar-refractivity contribution in [1.82, 2.24) is 15.1 Å². The number of nitrogens with zero attached hydrogens (tertiary/aromatic N) is 2. The highest BCUT2D eigenvalue weighted by molar-refractivity contribution is 5.79. The molecule has 16 heavy (non-hydrogen) atoms. The van der Waals surface area contributed by atoms with Crippen LogP contribution in [0.2, 0.25) is 0 Å². The highest BCUT2D eigenvalue weighted by Gasteiger charge is 2.30. The van der Waals surface area contributed by atoms with Crippen molar-refractivity contribution in [3.05, 3.63) is 0 Å². The summed E-state index contributed by atoms with van der Waals surface area (Å²) in [7, 11) is 4.02. The van der Waals surface area contributed by atoms with Crippen LogP contribution in [0.3, 0.4) is 0 Å². The average Bonchev–Trinajstić information content (AvgIpc) is 2.24. The van der Waals surface area contributed by atoms with Crippen molar-refractivity contribution in [3.8, 4) is 0 Å². The molecule has 0 aliphatic carbocycles. The van der Waals surface area contributed by atoms with E-state index in [1.807, 2.05) is 18.9 Å². The molecule has 3 unspecified atom stereocenters. The second-order valence-corrected chi connectivity index (χ2v) is 5.07. The Labute approximate surface area is 99.0 Å². The molecule has 0 aromatic heterocycles. The molecular formula is C12H25N3O. The summed E-state index contributed by atoms with van der Waals surface area (Å²) < 4.78 is 0. The summed E-state index contributed by atoms with van der Waals surface area (Å²) in [4.78, 5) is 16.5. The number of carbonyl (C=O) groups excluding carboxylic acids is 1. The number of amides is 1. The van der Waals surface area contributed by atoms with E-state index in [2.05, 4.69) is 31.1 Å². The predicted octanol–water partition coefficient (Wildman–Crippen LogP) is 0.393. The van der Waals surface area contributed by atoms with Crippen LogP contribution < -0.4 is 5.32 Å². The fourth-order valence-corrected chi connectivity index (χ4v) is 2.29. The third-order valence-electron chi connectivity index (χ3n) is 3.60. The molecule has 0 bridgehead atoms. The Morgan fingerprint density at radius 3 is 2.31 bits per heavy atom. The first-order chi connectivity index (χ1) is 7.47. The maximum atomic E-state index is 12.2. The largest absolute Gasteiger partial charge is 0.339 e. The molecule has 3 atom stereocenters. The smallest absolute Gasteiger partial charge is 0.226 e. The second kappa shape index (κ2) is 5.64. The van der Waals surface area contributed by atoms with Crippen molar-refractivity contribution in [3.63, 3.8) is 0 Å². The Balaban J connectivity index is 2.57. The molecule has 0 radical (unpaired) electrons. The van der Waals surface area contributed by atoms with Gasteiger partial charge >= 0.3 is 0 Å². The van der Waals surface area contributed by atoms with Crippen LogP contribution in [0.5, 0.6) is 0 Å². The zero-order chi connectivity index (χ0) is 12.3. The predicted molar refractivity (Wildman–Crippen MR) is 66.4 cm³/mol. The Bertz CT molecular complexity index is 232. The summed E-state index contributed by atoms with van der Waals surface area (Å²) in [6.45, 7) is 8.82. The van der Waals surface area contributed by atoms with Crippen molar-refractivity contribution >= 4 is 5.91 Å². The summed E-state index contributed by atoms with van der Waals surface area (Å²) in [5, 5.41) is 3.06. The van der Waals surface area contributed by atoms with E-state index < -0.39 is 0 Å². The van der Waals surface area contributed by atoms with Crippen molar-refractivity contribution < 1.29 is 4.79 Å². The molecular weight excluding hydrogens is 202 g/mol. The number of piperazine rings is 1. The van der Waals surface area contributed by atoms with Gasteiger partial charge in [-0.25, -0.2) is 0 Å². The van der Waals surface area contributed by atoms with Crippen molar-refractivity contribution in [2.45, 2.75) is 32.9 Å². The van der Waals surface area contributed by atoms with Crippen LogP contribution in [-0.2, 0) is 4.79 Å². The fourth-order valence-electron chi connectivity index (χ4n) is 2.29. The third kappa shape index (κ3) is 2.95. The average molecular weight is 227 g/mol. The van der Waals surface area contributed by atoms with Gasteiger partial charge in [0.2, 0.25) is 5.91 Å². The molecule has 94 valence electrons. The van der Waals surface area contributed by atoms with Gasteiger partial charge in [0.25, 0.3) is 0 Å². The summed E-state index contributed by atoms with van der Waals surface area (Å²) >= 11 is 0. The van der Waals surface area contributed by atoms with E-state index in [9.17, 15) is 4.79 Å². The van der Waals surface area contributed by atoms with E-state index in [0.717, 1.165) is 19.6 Å². The number of likely N-dealkylation sites (N-methyl/N-ethyl adjacent to an activating group) is 1. The molecule has 0 aromatic rings. The van der Waals surface area contributed by atoms with E-state index in [1.165, 1.54) is 0 Å². The van der Waals surface area contributed by atoms with E-state index >= 15 is 0 Å².